The van der Waals surface area contributed by atoms with Gasteiger partial charge in [0, 0.05) is 19.1 Å². The van der Waals surface area contributed by atoms with Gasteiger partial charge in [-0.15, -0.1) is 12.4 Å². The minimum absolute atomic E-state index is 0. The molecular weight excluding hydrogens is 332 g/mol. The first-order chi connectivity index (χ1) is 10.6. The summed E-state index contributed by atoms with van der Waals surface area (Å²) in [7, 11) is -3.48. The van der Waals surface area contributed by atoms with Crippen LogP contribution in [-0.4, -0.2) is 31.9 Å². The summed E-state index contributed by atoms with van der Waals surface area (Å²) in [5.74, 6) is 0. The average molecular weight is 353 g/mol. The van der Waals surface area contributed by atoms with E-state index in [2.05, 4.69) is 0 Å². The minimum atomic E-state index is -3.48. The molecule has 1 unspecified atom stereocenters. The van der Waals surface area contributed by atoms with Gasteiger partial charge in [0.1, 0.15) is 0 Å². The highest BCUT2D eigenvalue weighted by Gasteiger charge is 2.34. The molecule has 0 aliphatic carbocycles. The molecule has 0 spiro atoms. The van der Waals surface area contributed by atoms with Gasteiger partial charge in [-0.3, -0.25) is 0 Å². The van der Waals surface area contributed by atoms with Gasteiger partial charge >= 0.3 is 0 Å². The smallest absolute Gasteiger partial charge is 0.243 e. The van der Waals surface area contributed by atoms with Crippen LogP contribution < -0.4 is 5.73 Å². The molecular formula is C17H21ClN2O2S. The molecule has 23 heavy (non-hydrogen) atoms. The fourth-order valence-electron chi connectivity index (χ4n) is 2.96. The van der Waals surface area contributed by atoms with E-state index in [0.29, 0.717) is 18.0 Å². The Kier molecular flexibility index (Phi) is 5.81. The Morgan fingerprint density at radius 3 is 2.43 bits per heavy atom. The van der Waals surface area contributed by atoms with E-state index in [9.17, 15) is 8.42 Å². The first-order valence-electron chi connectivity index (χ1n) is 7.50. The maximum Gasteiger partial charge on any atom is 0.243 e. The number of sulfonamides is 1. The quantitative estimate of drug-likeness (QED) is 0.920. The van der Waals surface area contributed by atoms with Gasteiger partial charge in [0.05, 0.1) is 4.90 Å². The molecule has 1 aliphatic rings. The Labute approximate surface area is 143 Å². The minimum Gasteiger partial charge on any atom is -0.329 e. The van der Waals surface area contributed by atoms with Gasteiger partial charge in [-0.1, -0.05) is 42.5 Å². The monoisotopic (exact) mass is 352 g/mol. The second kappa shape index (κ2) is 7.45. The molecule has 2 N–H and O–H groups in total. The highest BCUT2D eigenvalue weighted by atomic mass is 35.5. The van der Waals surface area contributed by atoms with E-state index >= 15 is 0 Å². The zero-order chi connectivity index (χ0) is 15.6. The molecule has 0 bridgehead atoms. The van der Waals surface area contributed by atoms with Crippen LogP contribution in [0.3, 0.4) is 0 Å². The summed E-state index contributed by atoms with van der Waals surface area (Å²) in [5.41, 5.74) is 7.63. The standard InChI is InChI=1S/C17H20N2O2S.ClH/c18-13-16-9-5-11-19(16)22(20,21)17-10-4-8-15(12-17)14-6-2-1-3-7-14;/h1-4,6-8,10,12,16H,5,9,11,13,18H2;1H. The van der Waals surface area contributed by atoms with Gasteiger partial charge in [0.2, 0.25) is 10.0 Å². The SMILES string of the molecule is Cl.NCC1CCCN1S(=O)(=O)c1cccc(-c2ccccc2)c1. The van der Waals surface area contributed by atoms with E-state index in [1.165, 1.54) is 0 Å². The molecule has 0 saturated carbocycles. The van der Waals surface area contributed by atoms with Crippen LogP contribution in [0, 0.1) is 0 Å². The van der Waals surface area contributed by atoms with Crippen LogP contribution in [-0.2, 0) is 10.0 Å². The zero-order valence-electron chi connectivity index (χ0n) is 12.8. The lowest BCUT2D eigenvalue weighted by atomic mass is 10.1. The van der Waals surface area contributed by atoms with Crippen LogP contribution in [0.15, 0.2) is 59.5 Å². The van der Waals surface area contributed by atoms with Gasteiger partial charge in [-0.2, -0.15) is 4.31 Å². The lowest BCUT2D eigenvalue weighted by molar-refractivity contribution is 0.393. The Balaban J connectivity index is 0.00000192. The van der Waals surface area contributed by atoms with Crippen molar-refractivity contribution in [2.24, 2.45) is 5.73 Å². The molecule has 1 heterocycles. The molecule has 1 saturated heterocycles. The predicted molar refractivity (Wildman–Crippen MR) is 95.1 cm³/mol. The third kappa shape index (κ3) is 3.58. The third-order valence-corrected chi connectivity index (χ3v) is 6.09. The molecule has 1 fully saturated rings. The Bertz CT molecular complexity index is 750. The highest BCUT2D eigenvalue weighted by molar-refractivity contribution is 7.89. The number of hydrogen-bond donors (Lipinski definition) is 1. The van der Waals surface area contributed by atoms with Crippen molar-refractivity contribution >= 4 is 22.4 Å². The molecule has 6 heteroatoms. The topological polar surface area (TPSA) is 63.4 Å². The van der Waals surface area contributed by atoms with E-state index in [1.807, 2.05) is 36.4 Å². The molecule has 1 aliphatic heterocycles. The van der Waals surface area contributed by atoms with Crippen molar-refractivity contribution in [1.29, 1.82) is 0 Å². The molecule has 4 nitrogen and oxygen atoms in total. The van der Waals surface area contributed by atoms with Crippen LogP contribution >= 0.6 is 12.4 Å². The number of hydrogen-bond acceptors (Lipinski definition) is 3. The van der Waals surface area contributed by atoms with Gasteiger partial charge in [0.25, 0.3) is 0 Å². The molecule has 3 rings (SSSR count). The van der Waals surface area contributed by atoms with Gasteiger partial charge in [-0.25, -0.2) is 8.42 Å². The molecule has 0 radical (unpaired) electrons. The molecule has 0 amide bonds. The van der Waals surface area contributed by atoms with E-state index < -0.39 is 10.0 Å². The van der Waals surface area contributed by atoms with Crippen LogP contribution in [0.5, 0.6) is 0 Å². The molecule has 2 aromatic carbocycles. The normalized spacial score (nSPS) is 18.6. The molecule has 2 aromatic rings. The summed E-state index contributed by atoms with van der Waals surface area (Å²) in [4.78, 5) is 0.342. The van der Waals surface area contributed by atoms with E-state index in [-0.39, 0.29) is 18.4 Å². The lowest BCUT2D eigenvalue weighted by Crippen LogP contribution is -2.39. The van der Waals surface area contributed by atoms with Crippen LogP contribution in [0.25, 0.3) is 11.1 Å². The second-order valence-corrected chi connectivity index (χ2v) is 7.43. The van der Waals surface area contributed by atoms with Crippen LogP contribution in [0.4, 0.5) is 0 Å². The van der Waals surface area contributed by atoms with Gasteiger partial charge in [-0.05, 0) is 36.1 Å². The van der Waals surface area contributed by atoms with Crippen molar-refractivity contribution in [3.05, 3.63) is 54.6 Å². The number of benzene rings is 2. The van der Waals surface area contributed by atoms with E-state index in [4.69, 9.17) is 5.73 Å². The van der Waals surface area contributed by atoms with Crippen LogP contribution in [0.1, 0.15) is 12.8 Å². The number of nitrogens with zero attached hydrogens (tertiary/aromatic N) is 1. The maximum atomic E-state index is 12.9. The summed E-state index contributed by atoms with van der Waals surface area (Å²) < 4.78 is 27.3. The summed E-state index contributed by atoms with van der Waals surface area (Å²) in [6.07, 6.45) is 1.72. The van der Waals surface area contributed by atoms with Gasteiger partial charge in [0.15, 0.2) is 0 Å². The van der Waals surface area contributed by atoms with Crippen molar-refractivity contribution in [1.82, 2.24) is 4.31 Å². The number of nitrogens with two attached hydrogens (primary N) is 1. The van der Waals surface area contributed by atoms with Crippen molar-refractivity contribution < 1.29 is 8.42 Å². The Morgan fingerprint density at radius 2 is 1.74 bits per heavy atom. The lowest BCUT2D eigenvalue weighted by Gasteiger charge is -2.23. The van der Waals surface area contributed by atoms with Crippen molar-refractivity contribution in [3.63, 3.8) is 0 Å². The van der Waals surface area contributed by atoms with Gasteiger partial charge < -0.3 is 5.73 Å². The van der Waals surface area contributed by atoms with Crippen molar-refractivity contribution in [2.45, 2.75) is 23.8 Å². The largest absolute Gasteiger partial charge is 0.329 e. The summed E-state index contributed by atoms with van der Waals surface area (Å²) in [6, 6.07) is 16.8. The average Bonchev–Trinajstić information content (AvgIpc) is 3.05. The van der Waals surface area contributed by atoms with Crippen LogP contribution in [0.2, 0.25) is 0 Å². The molecule has 1 atom stereocenters. The first kappa shape index (κ1) is 17.9. The summed E-state index contributed by atoms with van der Waals surface area (Å²) in [6.45, 7) is 0.928. The third-order valence-electron chi connectivity index (χ3n) is 4.14. The molecule has 0 aromatic heterocycles. The van der Waals surface area contributed by atoms with E-state index in [0.717, 1.165) is 24.0 Å². The summed E-state index contributed by atoms with van der Waals surface area (Å²) >= 11 is 0. The Hall–Kier alpha value is -1.40. The fraction of sp³-hybridized carbons (Fsp3) is 0.294. The number of halogens is 1. The van der Waals surface area contributed by atoms with E-state index in [1.54, 1.807) is 22.5 Å². The van der Waals surface area contributed by atoms with Crippen molar-refractivity contribution in [2.75, 3.05) is 13.1 Å². The maximum absolute atomic E-state index is 12.9. The highest BCUT2D eigenvalue weighted by Crippen LogP contribution is 2.28. The second-order valence-electron chi connectivity index (χ2n) is 5.54. The zero-order valence-corrected chi connectivity index (χ0v) is 14.4. The first-order valence-corrected chi connectivity index (χ1v) is 8.94. The van der Waals surface area contributed by atoms with Crippen molar-refractivity contribution in [3.8, 4) is 11.1 Å². The fourth-order valence-corrected chi connectivity index (χ4v) is 4.71. The molecule has 124 valence electrons. The summed E-state index contributed by atoms with van der Waals surface area (Å²) in [5, 5.41) is 0. The predicted octanol–water partition coefficient (Wildman–Crippen LogP) is 2.89. The number of rotatable bonds is 4. The Morgan fingerprint density at radius 1 is 1.04 bits per heavy atom.